The highest BCUT2D eigenvalue weighted by Crippen LogP contribution is 2.06. The summed E-state index contributed by atoms with van der Waals surface area (Å²) in [6.07, 6.45) is 0.127. The van der Waals surface area contributed by atoms with Gasteiger partial charge in [0, 0.05) is 12.6 Å². The summed E-state index contributed by atoms with van der Waals surface area (Å²) in [5.74, 6) is 0.551. The van der Waals surface area contributed by atoms with E-state index >= 15 is 0 Å². The highest BCUT2D eigenvalue weighted by Gasteiger charge is 2.06. The Morgan fingerprint density at radius 2 is 2.31 bits per heavy atom. The number of esters is 1. The number of hydrogen-bond donors (Lipinski definition) is 2. The van der Waals surface area contributed by atoms with Gasteiger partial charge in [-0.05, 0) is 6.92 Å². The lowest BCUT2D eigenvalue weighted by Gasteiger charge is -2.03. The lowest BCUT2D eigenvalue weighted by Crippen LogP contribution is -2.30. The zero-order valence-electron chi connectivity index (χ0n) is 9.07. The van der Waals surface area contributed by atoms with Crippen LogP contribution in [0, 0.1) is 6.92 Å². The van der Waals surface area contributed by atoms with Crippen molar-refractivity contribution in [1.82, 2.24) is 10.5 Å². The summed E-state index contributed by atoms with van der Waals surface area (Å²) in [5, 5.41) is 8.50. The van der Waals surface area contributed by atoms with Gasteiger partial charge in [0.2, 0.25) is 0 Å². The second-order valence-corrected chi connectivity index (χ2v) is 3.03. The second kappa shape index (κ2) is 5.74. The molecule has 0 aliphatic rings. The first-order valence-corrected chi connectivity index (χ1v) is 4.67. The van der Waals surface area contributed by atoms with Crippen LogP contribution in [-0.2, 0) is 9.53 Å². The number of rotatable bonds is 4. The Morgan fingerprint density at radius 3 is 2.88 bits per heavy atom. The summed E-state index contributed by atoms with van der Waals surface area (Å²) in [6.45, 7) is 1.92. The highest BCUT2D eigenvalue weighted by molar-refractivity contribution is 5.88. The fourth-order valence-electron chi connectivity index (χ4n) is 0.966. The maximum absolute atomic E-state index is 11.2. The van der Waals surface area contributed by atoms with Crippen molar-refractivity contribution in [3.63, 3.8) is 0 Å². The van der Waals surface area contributed by atoms with Gasteiger partial charge in [0.05, 0.1) is 13.5 Å². The number of methoxy groups -OCH3 is 1. The molecule has 88 valence electrons. The third-order valence-corrected chi connectivity index (χ3v) is 1.71. The van der Waals surface area contributed by atoms with E-state index in [4.69, 9.17) is 4.52 Å². The van der Waals surface area contributed by atoms with Crippen LogP contribution in [0.2, 0.25) is 0 Å². The van der Waals surface area contributed by atoms with Crippen LogP contribution in [0.3, 0.4) is 0 Å². The van der Waals surface area contributed by atoms with Gasteiger partial charge in [0.1, 0.15) is 5.76 Å². The average Bonchev–Trinajstić information content (AvgIpc) is 2.63. The molecule has 0 spiro atoms. The second-order valence-electron chi connectivity index (χ2n) is 3.03. The molecule has 2 N–H and O–H groups in total. The van der Waals surface area contributed by atoms with E-state index in [-0.39, 0.29) is 18.9 Å². The molecule has 0 aliphatic carbocycles. The first kappa shape index (κ1) is 12.0. The Kier molecular flexibility index (Phi) is 4.31. The third-order valence-electron chi connectivity index (χ3n) is 1.71. The minimum atomic E-state index is -0.447. The molecule has 0 saturated carbocycles. The van der Waals surface area contributed by atoms with E-state index in [0.717, 1.165) is 0 Å². The number of nitrogens with one attached hydrogen (secondary N) is 2. The summed E-state index contributed by atoms with van der Waals surface area (Å²) < 4.78 is 9.17. The molecule has 0 aromatic carbocycles. The Labute approximate surface area is 92.1 Å². The van der Waals surface area contributed by atoms with Gasteiger partial charge < -0.3 is 14.6 Å². The SMILES string of the molecule is COC(=O)CCNC(=O)Nc1cc(C)on1. The minimum absolute atomic E-state index is 0.127. The van der Waals surface area contributed by atoms with Gasteiger partial charge in [-0.2, -0.15) is 0 Å². The fourth-order valence-corrected chi connectivity index (χ4v) is 0.966. The van der Waals surface area contributed by atoms with E-state index in [1.165, 1.54) is 7.11 Å². The number of urea groups is 1. The predicted octanol–water partition coefficient (Wildman–Crippen LogP) is 0.668. The molecule has 0 saturated heterocycles. The number of nitrogens with zero attached hydrogens (tertiary/aromatic N) is 1. The topological polar surface area (TPSA) is 93.5 Å². The van der Waals surface area contributed by atoms with Crippen LogP contribution >= 0.6 is 0 Å². The normalized spacial score (nSPS) is 9.62. The molecule has 1 heterocycles. The summed E-state index contributed by atoms with van der Waals surface area (Å²) in [7, 11) is 1.29. The maximum Gasteiger partial charge on any atom is 0.320 e. The number of anilines is 1. The van der Waals surface area contributed by atoms with E-state index in [9.17, 15) is 9.59 Å². The van der Waals surface area contributed by atoms with E-state index in [1.54, 1.807) is 13.0 Å². The van der Waals surface area contributed by atoms with Gasteiger partial charge >= 0.3 is 12.0 Å². The molecule has 1 rings (SSSR count). The molecule has 0 bridgehead atoms. The molecule has 0 unspecified atom stereocenters. The van der Waals surface area contributed by atoms with Gasteiger partial charge in [-0.25, -0.2) is 4.79 Å². The van der Waals surface area contributed by atoms with Crippen LogP contribution in [0.15, 0.2) is 10.6 Å². The van der Waals surface area contributed by atoms with Gasteiger partial charge in [0.15, 0.2) is 5.82 Å². The minimum Gasteiger partial charge on any atom is -0.469 e. The van der Waals surface area contributed by atoms with Crippen molar-refractivity contribution >= 4 is 17.8 Å². The zero-order valence-corrected chi connectivity index (χ0v) is 9.07. The third kappa shape index (κ3) is 3.99. The molecule has 1 aromatic heterocycles. The average molecular weight is 227 g/mol. The maximum atomic E-state index is 11.2. The van der Waals surface area contributed by atoms with Crippen LogP contribution in [0.25, 0.3) is 0 Å². The Hall–Kier alpha value is -2.05. The first-order valence-electron chi connectivity index (χ1n) is 4.67. The van der Waals surface area contributed by atoms with Crippen molar-refractivity contribution in [3.8, 4) is 0 Å². The number of carbonyl (C=O) groups excluding carboxylic acids is 2. The van der Waals surface area contributed by atoms with Gasteiger partial charge in [-0.3, -0.25) is 10.1 Å². The van der Waals surface area contributed by atoms with Crippen molar-refractivity contribution in [2.45, 2.75) is 13.3 Å². The van der Waals surface area contributed by atoms with Crippen LogP contribution in [0.5, 0.6) is 0 Å². The van der Waals surface area contributed by atoms with Crippen LogP contribution in [-0.4, -0.2) is 30.8 Å². The number of hydrogen-bond acceptors (Lipinski definition) is 5. The van der Waals surface area contributed by atoms with Crippen molar-refractivity contribution in [1.29, 1.82) is 0 Å². The standard InChI is InChI=1S/C9H13N3O4/c1-6-5-7(12-16-6)11-9(14)10-4-3-8(13)15-2/h5H,3-4H2,1-2H3,(H2,10,11,12,14). The number of amides is 2. The van der Waals surface area contributed by atoms with Gasteiger partial charge in [-0.15, -0.1) is 0 Å². The lowest BCUT2D eigenvalue weighted by atomic mass is 10.4. The molecule has 16 heavy (non-hydrogen) atoms. The lowest BCUT2D eigenvalue weighted by molar-refractivity contribution is -0.140. The molecule has 7 nitrogen and oxygen atoms in total. The molecule has 2 amide bonds. The molecular weight excluding hydrogens is 214 g/mol. The van der Waals surface area contributed by atoms with Crippen LogP contribution in [0.1, 0.15) is 12.2 Å². The Morgan fingerprint density at radius 1 is 1.56 bits per heavy atom. The molecular formula is C9H13N3O4. The predicted molar refractivity (Wildman–Crippen MR) is 54.9 cm³/mol. The van der Waals surface area contributed by atoms with Gasteiger partial charge in [-0.1, -0.05) is 5.16 Å². The van der Waals surface area contributed by atoms with E-state index in [2.05, 4.69) is 20.5 Å². The van der Waals surface area contributed by atoms with Crippen LogP contribution < -0.4 is 10.6 Å². The molecule has 0 fully saturated rings. The van der Waals surface area contributed by atoms with Crippen molar-refractivity contribution in [2.75, 3.05) is 19.0 Å². The molecule has 0 radical (unpaired) electrons. The summed E-state index contributed by atoms with van der Waals surface area (Å²) in [6, 6.07) is 1.14. The summed E-state index contributed by atoms with van der Waals surface area (Å²) in [4.78, 5) is 22.0. The number of carbonyl (C=O) groups is 2. The smallest absolute Gasteiger partial charge is 0.320 e. The van der Waals surface area contributed by atoms with Crippen LogP contribution in [0.4, 0.5) is 10.6 Å². The first-order chi connectivity index (χ1) is 7.61. The highest BCUT2D eigenvalue weighted by atomic mass is 16.5. The fraction of sp³-hybridized carbons (Fsp3) is 0.444. The quantitative estimate of drug-likeness (QED) is 0.737. The van der Waals surface area contributed by atoms with E-state index in [0.29, 0.717) is 11.6 Å². The monoisotopic (exact) mass is 227 g/mol. The molecule has 7 heteroatoms. The summed E-state index contributed by atoms with van der Waals surface area (Å²) in [5.41, 5.74) is 0. The van der Waals surface area contributed by atoms with Crippen molar-refractivity contribution in [2.24, 2.45) is 0 Å². The Bertz CT molecular complexity index is 375. The molecule has 1 aromatic rings. The Balaban J connectivity index is 2.23. The largest absolute Gasteiger partial charge is 0.469 e. The van der Waals surface area contributed by atoms with E-state index < -0.39 is 6.03 Å². The molecule has 0 aliphatic heterocycles. The number of aromatic nitrogens is 1. The zero-order chi connectivity index (χ0) is 12.0. The number of ether oxygens (including phenoxy) is 1. The van der Waals surface area contributed by atoms with Crippen molar-refractivity contribution < 1.29 is 18.8 Å². The summed E-state index contributed by atoms with van der Waals surface area (Å²) >= 11 is 0. The van der Waals surface area contributed by atoms with Crippen molar-refractivity contribution in [3.05, 3.63) is 11.8 Å². The van der Waals surface area contributed by atoms with E-state index in [1.807, 2.05) is 0 Å². The number of aryl methyl sites for hydroxylation is 1. The van der Waals surface area contributed by atoms with Gasteiger partial charge in [0.25, 0.3) is 0 Å². The molecule has 0 atom stereocenters.